The standard InChI is InChI=1S/C17H16N6/c1-22-11-14(9-20-22)13-7-15-16(19-8-13)23(17(18)21-15)10-12-5-3-2-4-6-12/h2-9,11H,10H2,1H3,(H2,18,21). The lowest BCUT2D eigenvalue weighted by atomic mass is 10.1. The number of benzene rings is 1. The molecule has 1 aromatic carbocycles. The second-order valence-electron chi connectivity index (χ2n) is 5.51. The van der Waals surface area contributed by atoms with E-state index >= 15 is 0 Å². The summed E-state index contributed by atoms with van der Waals surface area (Å²) in [4.78, 5) is 9.02. The Morgan fingerprint density at radius 3 is 2.65 bits per heavy atom. The van der Waals surface area contributed by atoms with Crippen LogP contribution in [0.3, 0.4) is 0 Å². The van der Waals surface area contributed by atoms with Crippen molar-refractivity contribution >= 4 is 17.1 Å². The first-order valence-corrected chi connectivity index (χ1v) is 7.35. The van der Waals surface area contributed by atoms with Crippen LogP contribution in [0.1, 0.15) is 5.56 Å². The van der Waals surface area contributed by atoms with E-state index in [1.54, 1.807) is 4.68 Å². The van der Waals surface area contributed by atoms with Gasteiger partial charge in [-0.05, 0) is 11.6 Å². The Morgan fingerprint density at radius 1 is 1.09 bits per heavy atom. The van der Waals surface area contributed by atoms with Crippen molar-refractivity contribution in [1.82, 2.24) is 24.3 Å². The lowest BCUT2D eigenvalue weighted by Gasteiger charge is -2.06. The molecule has 6 heteroatoms. The van der Waals surface area contributed by atoms with Gasteiger partial charge in [-0.2, -0.15) is 5.10 Å². The molecule has 0 fully saturated rings. The summed E-state index contributed by atoms with van der Waals surface area (Å²) in [5.41, 5.74) is 10.8. The number of pyridine rings is 1. The van der Waals surface area contributed by atoms with Gasteiger partial charge in [0.2, 0.25) is 5.95 Å². The number of fused-ring (bicyclic) bond motifs is 1. The summed E-state index contributed by atoms with van der Waals surface area (Å²) in [6, 6.07) is 12.1. The molecule has 6 nitrogen and oxygen atoms in total. The molecular formula is C17H16N6. The minimum Gasteiger partial charge on any atom is -0.369 e. The van der Waals surface area contributed by atoms with Gasteiger partial charge in [0.25, 0.3) is 0 Å². The smallest absolute Gasteiger partial charge is 0.202 e. The van der Waals surface area contributed by atoms with E-state index < -0.39 is 0 Å². The van der Waals surface area contributed by atoms with Crippen LogP contribution in [0.25, 0.3) is 22.3 Å². The molecule has 0 saturated carbocycles. The second-order valence-corrected chi connectivity index (χ2v) is 5.51. The van der Waals surface area contributed by atoms with Gasteiger partial charge >= 0.3 is 0 Å². The van der Waals surface area contributed by atoms with E-state index in [0.717, 1.165) is 27.9 Å². The second kappa shape index (κ2) is 5.24. The molecule has 0 atom stereocenters. The fourth-order valence-corrected chi connectivity index (χ4v) is 2.68. The number of nitrogens with zero attached hydrogens (tertiary/aromatic N) is 5. The maximum absolute atomic E-state index is 6.09. The molecule has 0 saturated heterocycles. The van der Waals surface area contributed by atoms with Gasteiger partial charge in [0, 0.05) is 30.6 Å². The zero-order valence-corrected chi connectivity index (χ0v) is 12.7. The number of nitrogen functional groups attached to an aromatic ring is 1. The third kappa shape index (κ3) is 2.44. The van der Waals surface area contributed by atoms with Crippen LogP contribution >= 0.6 is 0 Å². The van der Waals surface area contributed by atoms with Crippen LogP contribution in [0.5, 0.6) is 0 Å². The summed E-state index contributed by atoms with van der Waals surface area (Å²) in [5.74, 6) is 0.472. The van der Waals surface area contributed by atoms with Crippen LogP contribution in [0.2, 0.25) is 0 Å². The van der Waals surface area contributed by atoms with Gasteiger partial charge in [0.15, 0.2) is 5.65 Å². The molecule has 4 rings (SSSR count). The van der Waals surface area contributed by atoms with Crippen LogP contribution < -0.4 is 5.73 Å². The molecule has 2 N–H and O–H groups in total. The van der Waals surface area contributed by atoms with Crippen molar-refractivity contribution < 1.29 is 0 Å². The van der Waals surface area contributed by atoms with Gasteiger partial charge in [-0.3, -0.25) is 9.25 Å². The number of rotatable bonds is 3. The third-order valence-corrected chi connectivity index (χ3v) is 3.84. The molecule has 0 bridgehead atoms. The summed E-state index contributed by atoms with van der Waals surface area (Å²) in [6.07, 6.45) is 5.60. The fourth-order valence-electron chi connectivity index (χ4n) is 2.68. The van der Waals surface area contributed by atoms with Crippen molar-refractivity contribution in [2.24, 2.45) is 7.05 Å². The number of imidazole rings is 1. The molecule has 3 heterocycles. The molecular weight excluding hydrogens is 288 g/mol. The molecule has 4 aromatic rings. The number of aromatic nitrogens is 5. The number of anilines is 1. The molecule has 114 valence electrons. The number of nitrogens with two attached hydrogens (primary N) is 1. The Labute approximate surface area is 133 Å². The average Bonchev–Trinajstić information content (AvgIpc) is 3.12. The molecule has 0 amide bonds. The number of aryl methyl sites for hydroxylation is 1. The van der Waals surface area contributed by atoms with Gasteiger partial charge in [-0.1, -0.05) is 30.3 Å². The minimum absolute atomic E-state index is 0.472. The van der Waals surface area contributed by atoms with Crippen molar-refractivity contribution in [3.8, 4) is 11.1 Å². The van der Waals surface area contributed by atoms with Gasteiger partial charge in [0.05, 0.1) is 12.7 Å². The fraction of sp³-hybridized carbons (Fsp3) is 0.118. The Bertz CT molecular complexity index is 967. The van der Waals surface area contributed by atoms with E-state index in [-0.39, 0.29) is 0 Å². The molecule has 3 aromatic heterocycles. The van der Waals surface area contributed by atoms with Gasteiger partial charge in [-0.25, -0.2) is 9.97 Å². The Morgan fingerprint density at radius 2 is 1.91 bits per heavy atom. The monoisotopic (exact) mass is 304 g/mol. The topological polar surface area (TPSA) is 74.6 Å². The van der Waals surface area contributed by atoms with Crippen LogP contribution in [0.4, 0.5) is 5.95 Å². The molecule has 0 aliphatic carbocycles. The Kier molecular flexibility index (Phi) is 3.08. The highest BCUT2D eigenvalue weighted by Crippen LogP contribution is 2.24. The predicted octanol–water partition coefficient (Wildman–Crippen LogP) is 2.46. The third-order valence-electron chi connectivity index (χ3n) is 3.84. The van der Waals surface area contributed by atoms with Crippen molar-refractivity contribution in [2.45, 2.75) is 6.54 Å². The van der Waals surface area contributed by atoms with Crippen LogP contribution in [-0.2, 0) is 13.6 Å². The van der Waals surface area contributed by atoms with Crippen LogP contribution in [0.15, 0.2) is 55.0 Å². The molecule has 23 heavy (non-hydrogen) atoms. The first-order valence-electron chi connectivity index (χ1n) is 7.35. The van der Waals surface area contributed by atoms with Crippen LogP contribution in [0, 0.1) is 0 Å². The SMILES string of the molecule is Cn1cc(-c2cnc3c(c2)nc(N)n3Cc2ccccc2)cn1. The van der Waals surface area contributed by atoms with Gasteiger partial charge < -0.3 is 5.73 Å². The van der Waals surface area contributed by atoms with E-state index in [4.69, 9.17) is 5.73 Å². The molecule has 0 aliphatic heterocycles. The van der Waals surface area contributed by atoms with Crippen molar-refractivity contribution in [3.05, 3.63) is 60.6 Å². The summed E-state index contributed by atoms with van der Waals surface area (Å²) < 4.78 is 3.69. The quantitative estimate of drug-likeness (QED) is 0.631. The maximum Gasteiger partial charge on any atom is 0.202 e. The number of hydrogen-bond acceptors (Lipinski definition) is 4. The summed E-state index contributed by atoms with van der Waals surface area (Å²) in [7, 11) is 1.89. The zero-order valence-electron chi connectivity index (χ0n) is 12.7. The van der Waals surface area contributed by atoms with Crippen molar-refractivity contribution in [1.29, 1.82) is 0 Å². The molecule has 0 unspecified atom stereocenters. The highest BCUT2D eigenvalue weighted by molar-refractivity contribution is 5.80. The molecule has 0 aliphatic rings. The highest BCUT2D eigenvalue weighted by atomic mass is 15.2. The van der Waals surface area contributed by atoms with Crippen molar-refractivity contribution in [3.63, 3.8) is 0 Å². The predicted molar refractivity (Wildman–Crippen MR) is 89.7 cm³/mol. The molecule has 0 radical (unpaired) electrons. The first kappa shape index (κ1) is 13.5. The Balaban J connectivity index is 1.77. The largest absolute Gasteiger partial charge is 0.369 e. The van der Waals surface area contributed by atoms with Gasteiger partial charge in [-0.15, -0.1) is 0 Å². The van der Waals surface area contributed by atoms with Gasteiger partial charge in [0.1, 0.15) is 5.52 Å². The lowest BCUT2D eigenvalue weighted by Crippen LogP contribution is -2.05. The zero-order chi connectivity index (χ0) is 15.8. The average molecular weight is 304 g/mol. The summed E-state index contributed by atoms with van der Waals surface area (Å²) >= 11 is 0. The summed E-state index contributed by atoms with van der Waals surface area (Å²) in [5, 5.41) is 4.19. The van der Waals surface area contributed by atoms with E-state index in [2.05, 4.69) is 27.2 Å². The highest BCUT2D eigenvalue weighted by Gasteiger charge is 2.12. The van der Waals surface area contributed by atoms with E-state index in [1.165, 1.54) is 0 Å². The molecule has 0 spiro atoms. The van der Waals surface area contributed by atoms with E-state index in [1.807, 2.05) is 54.5 Å². The summed E-state index contributed by atoms with van der Waals surface area (Å²) in [6.45, 7) is 0.655. The Hall–Kier alpha value is -3.15. The van der Waals surface area contributed by atoms with E-state index in [0.29, 0.717) is 12.5 Å². The minimum atomic E-state index is 0.472. The van der Waals surface area contributed by atoms with Crippen molar-refractivity contribution in [2.75, 3.05) is 5.73 Å². The van der Waals surface area contributed by atoms with Crippen LogP contribution in [-0.4, -0.2) is 24.3 Å². The van der Waals surface area contributed by atoms with E-state index in [9.17, 15) is 0 Å². The maximum atomic E-state index is 6.09. The lowest BCUT2D eigenvalue weighted by molar-refractivity contribution is 0.768. The normalized spacial score (nSPS) is 11.2. The number of hydrogen-bond donors (Lipinski definition) is 1. The first-order chi connectivity index (χ1) is 11.2.